The lowest BCUT2D eigenvalue weighted by Crippen LogP contribution is -2.41. The second-order valence-corrected chi connectivity index (χ2v) is 11.1. The summed E-state index contributed by atoms with van der Waals surface area (Å²) < 4.78 is 0. The van der Waals surface area contributed by atoms with E-state index in [1.54, 1.807) is 12.1 Å². The molecule has 0 atom stereocenters. The molecule has 0 saturated heterocycles. The molecule has 2 aliphatic rings. The van der Waals surface area contributed by atoms with Crippen molar-refractivity contribution in [3.05, 3.63) is 70.8 Å². The zero-order valence-electron chi connectivity index (χ0n) is 23.4. The topological polar surface area (TPSA) is 125 Å². The number of amides is 4. The van der Waals surface area contributed by atoms with Crippen molar-refractivity contribution >= 4 is 66.7 Å². The Morgan fingerprint density at radius 2 is 0.952 bits per heavy atom. The molecule has 0 unspecified atom stereocenters. The Labute approximate surface area is 241 Å². The lowest BCUT2D eigenvalue weighted by molar-refractivity contribution is 0.0604. The van der Waals surface area contributed by atoms with Crippen LogP contribution >= 0.6 is 0 Å². The number of benzene rings is 5. The van der Waals surface area contributed by atoms with Gasteiger partial charge in [0.05, 0.1) is 0 Å². The minimum absolute atomic E-state index is 0.282. The molecule has 0 aliphatic carbocycles. The van der Waals surface area contributed by atoms with Crippen LogP contribution in [0.15, 0.2) is 48.5 Å². The first-order valence-electron chi connectivity index (χ1n) is 14.4. The number of nitrogens with two attached hydrogens (primary N) is 1. The summed E-state index contributed by atoms with van der Waals surface area (Å²) in [6.45, 7) is 4.23. The standard InChI is InChI=1S/C33H31N5O4/c1-37-30(39)22-8-4-18-20-6-10-24-29-25(33(42)38(32(24)41)17-3-14-36-16-15-35-13-2-12-34)11-7-21(27(20)29)19-5-9-23(31(37)40)28(22)26(18)19/h4-11,35-36H,2-3,12-17,34H2,1H3. The number of carbonyl (C=O) groups excluding carboxylic acids is 4. The van der Waals surface area contributed by atoms with Crippen molar-refractivity contribution < 1.29 is 19.2 Å². The Kier molecular flexibility index (Phi) is 6.38. The van der Waals surface area contributed by atoms with Crippen molar-refractivity contribution in [3.8, 4) is 0 Å². The van der Waals surface area contributed by atoms with E-state index in [-0.39, 0.29) is 23.6 Å². The number of rotatable bonds is 10. The smallest absolute Gasteiger partial charge is 0.261 e. The van der Waals surface area contributed by atoms with Gasteiger partial charge in [0.25, 0.3) is 23.6 Å². The van der Waals surface area contributed by atoms with E-state index in [0.717, 1.165) is 63.3 Å². The van der Waals surface area contributed by atoms with Crippen molar-refractivity contribution in [2.24, 2.45) is 5.73 Å². The molecule has 0 aromatic heterocycles. The molecule has 5 aromatic rings. The van der Waals surface area contributed by atoms with Crippen LogP contribution in [0.5, 0.6) is 0 Å². The highest BCUT2D eigenvalue weighted by atomic mass is 16.2. The third-order valence-electron chi connectivity index (χ3n) is 8.69. The molecule has 9 nitrogen and oxygen atoms in total. The summed E-state index contributed by atoms with van der Waals surface area (Å²) in [6, 6.07) is 14.9. The lowest BCUT2D eigenvalue weighted by Gasteiger charge is -2.29. The van der Waals surface area contributed by atoms with Gasteiger partial charge in [-0.15, -0.1) is 0 Å². The van der Waals surface area contributed by atoms with Crippen LogP contribution < -0.4 is 16.4 Å². The van der Waals surface area contributed by atoms with E-state index in [4.69, 9.17) is 5.73 Å². The SMILES string of the molecule is CN1C(=O)c2ccc3c4ccc5c6c(ccc(c7ccc(c2c37)C1=O)c64)C(=O)N(CCCNCCNCCCN)C5=O. The highest BCUT2D eigenvalue weighted by molar-refractivity contribution is 6.41. The monoisotopic (exact) mass is 561 g/mol. The normalized spacial score (nSPS) is 15.0. The van der Waals surface area contributed by atoms with Crippen LogP contribution in [0.3, 0.4) is 0 Å². The molecule has 4 amide bonds. The quantitative estimate of drug-likeness (QED) is 0.103. The average Bonchev–Trinajstić information content (AvgIpc) is 3.01. The number of hydrogen-bond donors (Lipinski definition) is 3. The van der Waals surface area contributed by atoms with Crippen LogP contribution in [0.4, 0.5) is 0 Å². The first-order valence-corrected chi connectivity index (χ1v) is 14.4. The number of fused-ring (bicyclic) bond motifs is 2. The van der Waals surface area contributed by atoms with E-state index < -0.39 is 0 Å². The summed E-state index contributed by atoms with van der Waals surface area (Å²) in [6.07, 6.45) is 1.60. The predicted molar refractivity (Wildman–Crippen MR) is 163 cm³/mol. The van der Waals surface area contributed by atoms with E-state index in [1.807, 2.05) is 36.4 Å². The molecule has 7 rings (SSSR count). The summed E-state index contributed by atoms with van der Waals surface area (Å²) in [4.78, 5) is 55.9. The number of hydrogen-bond acceptors (Lipinski definition) is 7. The predicted octanol–water partition coefficient (Wildman–Crippen LogP) is 3.48. The van der Waals surface area contributed by atoms with Gasteiger partial charge in [0, 0.05) is 59.7 Å². The van der Waals surface area contributed by atoms with E-state index in [0.29, 0.717) is 59.1 Å². The van der Waals surface area contributed by atoms with Crippen molar-refractivity contribution in [3.63, 3.8) is 0 Å². The Bertz CT molecular complexity index is 1850. The second-order valence-electron chi connectivity index (χ2n) is 11.1. The Morgan fingerprint density at radius 3 is 1.38 bits per heavy atom. The molecule has 0 fully saturated rings. The van der Waals surface area contributed by atoms with Gasteiger partial charge in [-0.05, 0) is 89.1 Å². The fraction of sp³-hybridized carbons (Fsp3) is 0.273. The largest absolute Gasteiger partial charge is 0.330 e. The van der Waals surface area contributed by atoms with Gasteiger partial charge >= 0.3 is 0 Å². The maximum absolute atomic E-state index is 13.7. The maximum atomic E-state index is 13.7. The fourth-order valence-electron chi connectivity index (χ4n) is 6.66. The van der Waals surface area contributed by atoms with Gasteiger partial charge in [-0.25, -0.2) is 0 Å². The number of nitrogens with one attached hydrogen (secondary N) is 2. The van der Waals surface area contributed by atoms with E-state index in [1.165, 1.54) is 11.9 Å². The number of imide groups is 2. The molecular weight excluding hydrogens is 530 g/mol. The fourth-order valence-corrected chi connectivity index (χ4v) is 6.66. The van der Waals surface area contributed by atoms with Crippen LogP contribution in [-0.2, 0) is 0 Å². The minimum Gasteiger partial charge on any atom is -0.330 e. The van der Waals surface area contributed by atoms with Gasteiger partial charge in [0.2, 0.25) is 0 Å². The lowest BCUT2D eigenvalue weighted by atomic mass is 9.82. The number of nitrogens with zero attached hydrogens (tertiary/aromatic N) is 2. The Balaban J connectivity index is 1.26. The molecule has 0 radical (unpaired) electrons. The molecule has 4 N–H and O–H groups in total. The minimum atomic E-state index is -0.321. The van der Waals surface area contributed by atoms with E-state index in [2.05, 4.69) is 10.6 Å². The van der Waals surface area contributed by atoms with Crippen LogP contribution in [0, 0.1) is 0 Å². The molecule has 2 aliphatic heterocycles. The maximum Gasteiger partial charge on any atom is 0.261 e. The summed E-state index contributed by atoms with van der Waals surface area (Å²) in [5.74, 6) is -1.21. The zero-order chi connectivity index (χ0) is 29.1. The summed E-state index contributed by atoms with van der Waals surface area (Å²) in [5, 5.41) is 13.3. The Hall–Kier alpha value is -4.44. The highest BCUT2D eigenvalue weighted by Crippen LogP contribution is 2.46. The summed E-state index contributed by atoms with van der Waals surface area (Å²) in [5.41, 5.74) is 7.54. The highest BCUT2D eigenvalue weighted by Gasteiger charge is 2.35. The van der Waals surface area contributed by atoms with Gasteiger partial charge in [0.15, 0.2) is 0 Å². The zero-order valence-corrected chi connectivity index (χ0v) is 23.4. The molecule has 0 bridgehead atoms. The van der Waals surface area contributed by atoms with Gasteiger partial charge in [0.1, 0.15) is 0 Å². The Morgan fingerprint density at radius 1 is 0.548 bits per heavy atom. The molecular formula is C33H31N5O4. The van der Waals surface area contributed by atoms with Crippen molar-refractivity contribution in [1.29, 1.82) is 0 Å². The average molecular weight is 562 g/mol. The van der Waals surface area contributed by atoms with Gasteiger partial charge in [-0.1, -0.05) is 24.3 Å². The van der Waals surface area contributed by atoms with Crippen LogP contribution in [0.1, 0.15) is 54.3 Å². The summed E-state index contributed by atoms with van der Waals surface area (Å²) in [7, 11) is 1.50. The molecule has 0 spiro atoms. The van der Waals surface area contributed by atoms with Gasteiger partial charge < -0.3 is 16.4 Å². The third kappa shape index (κ3) is 3.74. The molecule has 9 heteroatoms. The van der Waals surface area contributed by atoms with Gasteiger partial charge in [-0.2, -0.15) is 0 Å². The van der Waals surface area contributed by atoms with Crippen LogP contribution in [0.2, 0.25) is 0 Å². The molecule has 212 valence electrons. The third-order valence-corrected chi connectivity index (χ3v) is 8.69. The van der Waals surface area contributed by atoms with Gasteiger partial charge in [-0.3, -0.25) is 29.0 Å². The first-order chi connectivity index (χ1) is 20.4. The molecule has 0 saturated carbocycles. The number of carbonyl (C=O) groups is 4. The molecule has 2 heterocycles. The van der Waals surface area contributed by atoms with E-state index in [9.17, 15) is 19.2 Å². The van der Waals surface area contributed by atoms with Crippen LogP contribution in [0.25, 0.3) is 43.1 Å². The van der Waals surface area contributed by atoms with E-state index >= 15 is 0 Å². The second kappa shape index (κ2) is 10.1. The first kappa shape index (κ1) is 26.5. The molecule has 42 heavy (non-hydrogen) atoms. The summed E-state index contributed by atoms with van der Waals surface area (Å²) >= 11 is 0. The molecule has 5 aromatic carbocycles. The van der Waals surface area contributed by atoms with Crippen LogP contribution in [-0.4, -0.2) is 79.7 Å². The van der Waals surface area contributed by atoms with Crippen molar-refractivity contribution in [1.82, 2.24) is 20.4 Å². The van der Waals surface area contributed by atoms with Crippen molar-refractivity contribution in [2.45, 2.75) is 12.8 Å². The van der Waals surface area contributed by atoms with Crippen molar-refractivity contribution in [2.75, 3.05) is 46.3 Å².